The van der Waals surface area contributed by atoms with Crippen molar-refractivity contribution in [3.8, 4) is 0 Å². The highest BCUT2D eigenvalue weighted by Gasteiger charge is 2.14. The molecule has 0 N–H and O–H groups in total. The second kappa shape index (κ2) is 3.02. The molecule has 72 valence electrons. The normalized spacial score (nSPS) is 11.8. The van der Waals surface area contributed by atoms with Crippen LogP contribution in [0.25, 0.3) is 10.8 Å². The highest BCUT2D eigenvalue weighted by Crippen LogP contribution is 2.22. The average Bonchev–Trinajstić information content (AvgIpc) is 2.15. The summed E-state index contributed by atoms with van der Waals surface area (Å²) in [7, 11) is -4.67. The fourth-order valence-electron chi connectivity index (χ4n) is 1.30. The summed E-state index contributed by atoms with van der Waals surface area (Å²) in [6, 6.07) is 6.05. The molecule has 0 bridgehead atoms. The van der Waals surface area contributed by atoms with Crippen LogP contribution >= 0.6 is 0 Å². The fourth-order valence-corrected chi connectivity index (χ4v) is 1.97. The van der Waals surface area contributed by atoms with Gasteiger partial charge in [-0.2, -0.15) is 8.42 Å². The van der Waals surface area contributed by atoms with Crippen molar-refractivity contribution in [3.05, 3.63) is 36.7 Å². The van der Waals surface area contributed by atoms with Gasteiger partial charge in [0.25, 0.3) is 0 Å². The summed E-state index contributed by atoms with van der Waals surface area (Å²) in [5.74, 6) is 0. The fraction of sp³-hybridized carbons (Fsp3) is 0. The molecule has 0 amide bonds. The molecule has 5 heteroatoms. The molecule has 2 rings (SSSR count). The first-order valence-corrected chi connectivity index (χ1v) is 5.25. The largest absolute Gasteiger partial charge is 0.332 e. The Hall–Kier alpha value is -1.49. The topological polar surface area (TPSA) is 47.0 Å². The minimum absolute atomic E-state index is 0.303. The molecule has 0 aliphatic heterocycles. The zero-order valence-electron chi connectivity index (χ0n) is 7.01. The summed E-state index contributed by atoms with van der Waals surface area (Å²) >= 11 is 0. The van der Waals surface area contributed by atoms with E-state index < -0.39 is 10.2 Å². The lowest BCUT2D eigenvalue weighted by Gasteiger charge is -2.00. The van der Waals surface area contributed by atoms with Crippen LogP contribution < -0.4 is 0 Å². The van der Waals surface area contributed by atoms with E-state index in [1.165, 1.54) is 24.5 Å². The molecular formula is C9H6FNO2S. The lowest BCUT2D eigenvalue weighted by atomic mass is 10.2. The van der Waals surface area contributed by atoms with Gasteiger partial charge in [-0.25, -0.2) is 0 Å². The van der Waals surface area contributed by atoms with Gasteiger partial charge in [0.05, 0.1) is 0 Å². The van der Waals surface area contributed by atoms with E-state index in [0.717, 1.165) is 0 Å². The van der Waals surface area contributed by atoms with Gasteiger partial charge in [-0.1, -0.05) is 12.1 Å². The zero-order chi connectivity index (χ0) is 10.2. The molecule has 1 aromatic heterocycles. The van der Waals surface area contributed by atoms with E-state index in [9.17, 15) is 12.3 Å². The van der Waals surface area contributed by atoms with E-state index in [-0.39, 0.29) is 4.90 Å². The Morgan fingerprint density at radius 1 is 1.21 bits per heavy atom. The van der Waals surface area contributed by atoms with Crippen molar-refractivity contribution in [3.63, 3.8) is 0 Å². The molecule has 0 fully saturated rings. The molecule has 0 aliphatic rings. The number of aromatic nitrogens is 1. The lowest BCUT2D eigenvalue weighted by molar-refractivity contribution is 0.553. The van der Waals surface area contributed by atoms with Crippen molar-refractivity contribution in [1.29, 1.82) is 0 Å². The van der Waals surface area contributed by atoms with E-state index in [0.29, 0.717) is 10.8 Å². The molecule has 0 spiro atoms. The van der Waals surface area contributed by atoms with Gasteiger partial charge in [-0.3, -0.25) is 4.98 Å². The van der Waals surface area contributed by atoms with E-state index in [1.54, 1.807) is 12.1 Å². The Kier molecular flexibility index (Phi) is 1.96. The first-order valence-electron chi connectivity index (χ1n) is 3.86. The van der Waals surface area contributed by atoms with Crippen LogP contribution in [0.1, 0.15) is 0 Å². The Labute approximate surface area is 80.4 Å². The Morgan fingerprint density at radius 2 is 2.00 bits per heavy atom. The molecule has 0 aliphatic carbocycles. The molecule has 0 saturated carbocycles. The lowest BCUT2D eigenvalue weighted by Crippen LogP contribution is -1.93. The SMILES string of the molecule is O=S(=O)(F)c1cccc2ccncc12. The van der Waals surface area contributed by atoms with Crippen molar-refractivity contribution in [1.82, 2.24) is 4.98 Å². The second-order valence-electron chi connectivity index (χ2n) is 2.79. The van der Waals surface area contributed by atoms with Gasteiger partial charge < -0.3 is 0 Å². The highest BCUT2D eigenvalue weighted by atomic mass is 32.3. The first kappa shape index (κ1) is 9.08. The van der Waals surface area contributed by atoms with Crippen LogP contribution in [-0.2, 0) is 10.2 Å². The summed E-state index contributed by atoms with van der Waals surface area (Å²) in [4.78, 5) is 3.43. The number of hydrogen-bond donors (Lipinski definition) is 0. The molecule has 14 heavy (non-hydrogen) atoms. The van der Waals surface area contributed by atoms with Crippen LogP contribution in [0.15, 0.2) is 41.6 Å². The average molecular weight is 211 g/mol. The molecule has 3 nitrogen and oxygen atoms in total. The van der Waals surface area contributed by atoms with Gasteiger partial charge in [0.1, 0.15) is 4.90 Å². The Balaban J connectivity index is 2.92. The van der Waals surface area contributed by atoms with Crippen molar-refractivity contribution in [2.75, 3.05) is 0 Å². The van der Waals surface area contributed by atoms with Crippen LogP contribution in [0.4, 0.5) is 3.89 Å². The van der Waals surface area contributed by atoms with Gasteiger partial charge in [-0.05, 0) is 17.5 Å². The van der Waals surface area contributed by atoms with Crippen LogP contribution in [0.2, 0.25) is 0 Å². The summed E-state index contributed by atoms with van der Waals surface area (Å²) in [5.41, 5.74) is 0. The van der Waals surface area contributed by atoms with Crippen LogP contribution in [0.5, 0.6) is 0 Å². The number of benzene rings is 1. The number of hydrogen-bond acceptors (Lipinski definition) is 3. The van der Waals surface area contributed by atoms with Gasteiger partial charge >= 0.3 is 10.2 Å². The maximum atomic E-state index is 12.8. The number of rotatable bonds is 1. The van der Waals surface area contributed by atoms with Crippen LogP contribution in [-0.4, -0.2) is 13.4 Å². The van der Waals surface area contributed by atoms with Gasteiger partial charge in [0.15, 0.2) is 0 Å². The maximum absolute atomic E-state index is 12.8. The predicted molar refractivity (Wildman–Crippen MR) is 50.0 cm³/mol. The van der Waals surface area contributed by atoms with Gasteiger partial charge in [-0.15, -0.1) is 3.89 Å². The maximum Gasteiger partial charge on any atom is 0.332 e. The Bertz CT molecular complexity index is 575. The third-order valence-electron chi connectivity index (χ3n) is 1.91. The number of nitrogens with zero attached hydrogens (tertiary/aromatic N) is 1. The standard InChI is InChI=1S/C9H6FNO2S/c10-14(12,13)9-3-1-2-7-4-5-11-6-8(7)9/h1-6H. The highest BCUT2D eigenvalue weighted by molar-refractivity contribution is 7.86. The summed E-state index contributed by atoms with van der Waals surface area (Å²) in [6.45, 7) is 0. The van der Waals surface area contributed by atoms with Crippen LogP contribution in [0, 0.1) is 0 Å². The van der Waals surface area contributed by atoms with Crippen molar-refractivity contribution in [2.24, 2.45) is 0 Å². The minimum Gasteiger partial charge on any atom is -0.264 e. The predicted octanol–water partition coefficient (Wildman–Crippen LogP) is 1.89. The summed E-state index contributed by atoms with van der Waals surface area (Å²) in [6.07, 6.45) is 2.86. The second-order valence-corrected chi connectivity index (χ2v) is 4.11. The molecule has 0 radical (unpaired) electrons. The van der Waals surface area contributed by atoms with Crippen molar-refractivity contribution < 1.29 is 12.3 Å². The quantitative estimate of drug-likeness (QED) is 0.677. The molecule has 0 saturated heterocycles. The Morgan fingerprint density at radius 3 is 2.71 bits per heavy atom. The van der Waals surface area contributed by atoms with Gasteiger partial charge in [0.2, 0.25) is 0 Å². The number of fused-ring (bicyclic) bond motifs is 1. The molecule has 1 heterocycles. The van der Waals surface area contributed by atoms with E-state index in [4.69, 9.17) is 0 Å². The van der Waals surface area contributed by atoms with Crippen molar-refractivity contribution >= 4 is 21.0 Å². The molecule has 0 atom stereocenters. The van der Waals surface area contributed by atoms with Gasteiger partial charge in [0, 0.05) is 17.8 Å². The monoisotopic (exact) mass is 211 g/mol. The third kappa shape index (κ3) is 1.46. The van der Waals surface area contributed by atoms with Crippen molar-refractivity contribution in [2.45, 2.75) is 4.90 Å². The summed E-state index contributed by atoms with van der Waals surface area (Å²) in [5, 5.41) is 0.955. The smallest absolute Gasteiger partial charge is 0.264 e. The van der Waals surface area contributed by atoms with E-state index >= 15 is 0 Å². The van der Waals surface area contributed by atoms with E-state index in [1.807, 2.05) is 0 Å². The van der Waals surface area contributed by atoms with Crippen LogP contribution in [0.3, 0.4) is 0 Å². The van der Waals surface area contributed by atoms with E-state index in [2.05, 4.69) is 4.98 Å². The molecule has 0 unspecified atom stereocenters. The third-order valence-corrected chi connectivity index (χ3v) is 2.79. The molecule has 2 aromatic rings. The number of pyridine rings is 1. The summed E-state index contributed by atoms with van der Waals surface area (Å²) < 4.78 is 34.3. The minimum atomic E-state index is -4.67. The first-order chi connectivity index (χ1) is 6.59. The molecular weight excluding hydrogens is 205 g/mol. The zero-order valence-corrected chi connectivity index (χ0v) is 7.83. The number of halogens is 1. The molecule has 1 aromatic carbocycles.